The van der Waals surface area contributed by atoms with E-state index in [4.69, 9.17) is 24.4 Å². The molecular formula is C10H23O5P. The molecule has 0 aromatic heterocycles. The lowest BCUT2D eigenvalue weighted by atomic mass is 10.3. The quantitative estimate of drug-likeness (QED) is 0.368. The van der Waals surface area contributed by atoms with Gasteiger partial charge in [0.2, 0.25) is 0 Å². The Morgan fingerprint density at radius 3 is 1.56 bits per heavy atom. The largest absolute Gasteiger partial charge is 0.396 e. The Morgan fingerprint density at radius 2 is 1.31 bits per heavy atom. The van der Waals surface area contributed by atoms with Crippen molar-refractivity contribution >= 4 is 9.90 Å². The summed E-state index contributed by atoms with van der Waals surface area (Å²) in [7, 11) is 0. The fourth-order valence-corrected chi connectivity index (χ4v) is 0.883. The van der Waals surface area contributed by atoms with Gasteiger partial charge in [-0.25, -0.2) is 0 Å². The Morgan fingerprint density at radius 1 is 0.938 bits per heavy atom. The zero-order chi connectivity index (χ0) is 10.9. The maximum absolute atomic E-state index is 8.09. The van der Waals surface area contributed by atoms with Gasteiger partial charge in [-0.1, -0.05) is 0 Å². The van der Waals surface area contributed by atoms with Crippen molar-refractivity contribution in [2.24, 2.45) is 0 Å². The maximum Gasteiger partial charge on any atom is 0.104 e. The summed E-state index contributed by atoms with van der Waals surface area (Å²) in [4.78, 5) is 0. The lowest BCUT2D eigenvalue weighted by molar-refractivity contribution is 0.102. The molecule has 3 atom stereocenters. The van der Waals surface area contributed by atoms with Gasteiger partial charge in [0.15, 0.2) is 0 Å². The predicted octanol–water partition coefficient (Wildman–Crippen LogP) is -0.390. The first-order valence-electron chi connectivity index (χ1n) is 5.39. The molecule has 2 saturated heterocycles. The van der Waals surface area contributed by atoms with E-state index in [0.29, 0.717) is 12.2 Å². The topological polar surface area (TPSA) is 74.8 Å². The maximum atomic E-state index is 8.09. The Balaban J connectivity index is 0.000000289. The van der Waals surface area contributed by atoms with Gasteiger partial charge in [0.25, 0.3) is 0 Å². The number of ether oxygens (including phenoxy) is 3. The van der Waals surface area contributed by atoms with Crippen LogP contribution in [0, 0.1) is 0 Å². The van der Waals surface area contributed by atoms with Gasteiger partial charge in [0, 0.05) is 13.2 Å². The van der Waals surface area contributed by atoms with E-state index in [0.717, 1.165) is 39.3 Å². The van der Waals surface area contributed by atoms with Crippen molar-refractivity contribution in [2.45, 2.75) is 25.0 Å². The molecule has 0 aromatic carbocycles. The smallest absolute Gasteiger partial charge is 0.104 e. The van der Waals surface area contributed by atoms with Crippen molar-refractivity contribution in [3.05, 3.63) is 0 Å². The number of aliphatic hydroxyl groups is 2. The SMILES string of the molecule is C(OCC1CO1)C1CO1.OCCCCO.P. The first kappa shape index (κ1) is 16.2. The molecule has 2 aliphatic rings. The lowest BCUT2D eigenvalue weighted by Gasteiger charge is -1.95. The van der Waals surface area contributed by atoms with Gasteiger partial charge in [-0.05, 0) is 12.8 Å². The Bertz CT molecular complexity index is 134. The van der Waals surface area contributed by atoms with Crippen LogP contribution in [0.1, 0.15) is 12.8 Å². The van der Waals surface area contributed by atoms with Crippen molar-refractivity contribution in [3.63, 3.8) is 0 Å². The zero-order valence-electron chi connectivity index (χ0n) is 9.64. The van der Waals surface area contributed by atoms with Gasteiger partial charge in [-0.2, -0.15) is 9.90 Å². The van der Waals surface area contributed by atoms with Crippen LogP contribution < -0.4 is 0 Å². The minimum Gasteiger partial charge on any atom is -0.396 e. The molecule has 0 spiro atoms. The summed E-state index contributed by atoms with van der Waals surface area (Å²) in [5.41, 5.74) is 0. The number of aliphatic hydroxyl groups excluding tert-OH is 2. The molecule has 0 saturated carbocycles. The van der Waals surface area contributed by atoms with Crippen molar-refractivity contribution in [2.75, 3.05) is 39.6 Å². The van der Waals surface area contributed by atoms with Gasteiger partial charge < -0.3 is 24.4 Å². The fraction of sp³-hybridized carbons (Fsp3) is 1.00. The van der Waals surface area contributed by atoms with Crippen LogP contribution in [0.4, 0.5) is 0 Å². The average Bonchev–Trinajstić information content (AvgIpc) is 3.08. The van der Waals surface area contributed by atoms with Crippen LogP contribution in [0.5, 0.6) is 0 Å². The molecule has 16 heavy (non-hydrogen) atoms. The van der Waals surface area contributed by atoms with E-state index in [2.05, 4.69) is 0 Å². The first-order valence-corrected chi connectivity index (χ1v) is 5.39. The molecule has 6 heteroatoms. The molecule has 0 radical (unpaired) electrons. The molecule has 2 N–H and O–H groups in total. The number of hydrogen-bond donors (Lipinski definition) is 2. The van der Waals surface area contributed by atoms with Gasteiger partial charge in [-0.15, -0.1) is 0 Å². The minimum atomic E-state index is 0. The van der Waals surface area contributed by atoms with E-state index in [-0.39, 0.29) is 23.1 Å². The van der Waals surface area contributed by atoms with Crippen molar-refractivity contribution in [3.8, 4) is 0 Å². The van der Waals surface area contributed by atoms with Gasteiger partial charge in [0.05, 0.1) is 26.4 Å². The van der Waals surface area contributed by atoms with Crippen LogP contribution in [-0.2, 0) is 14.2 Å². The highest BCUT2D eigenvalue weighted by atomic mass is 31.0. The van der Waals surface area contributed by atoms with E-state index < -0.39 is 0 Å². The predicted molar refractivity (Wildman–Crippen MR) is 64.8 cm³/mol. The second-order valence-electron chi connectivity index (χ2n) is 3.60. The standard InChI is InChI=1S/C6H10O3.C4H10O2.H3P/c1(5-3-8-5)7-2-6-4-9-6;5-3-1-2-4-6;/h5-6H,1-4H2;5-6H,1-4H2;1H3. The summed E-state index contributed by atoms with van der Waals surface area (Å²) >= 11 is 0. The highest BCUT2D eigenvalue weighted by Crippen LogP contribution is 2.12. The first-order chi connectivity index (χ1) is 7.36. The number of unbranched alkanes of at least 4 members (excludes halogenated alkanes) is 1. The van der Waals surface area contributed by atoms with Crippen molar-refractivity contribution < 1.29 is 24.4 Å². The monoisotopic (exact) mass is 254 g/mol. The van der Waals surface area contributed by atoms with Crippen LogP contribution >= 0.6 is 9.90 Å². The molecule has 0 aliphatic carbocycles. The Hall–Kier alpha value is 0.230. The summed E-state index contributed by atoms with van der Waals surface area (Å²) < 4.78 is 15.1. The summed E-state index contributed by atoms with van der Waals surface area (Å²) in [5, 5.41) is 16.2. The number of hydrogen-bond acceptors (Lipinski definition) is 5. The van der Waals surface area contributed by atoms with Crippen molar-refractivity contribution in [1.82, 2.24) is 0 Å². The Kier molecular flexibility index (Phi) is 10.5. The van der Waals surface area contributed by atoms with Crippen LogP contribution in [0.25, 0.3) is 0 Å². The van der Waals surface area contributed by atoms with Crippen LogP contribution in [0.2, 0.25) is 0 Å². The van der Waals surface area contributed by atoms with Gasteiger partial charge in [0.1, 0.15) is 12.2 Å². The second-order valence-corrected chi connectivity index (χ2v) is 3.60. The average molecular weight is 254 g/mol. The molecule has 0 amide bonds. The van der Waals surface area contributed by atoms with Gasteiger partial charge >= 0.3 is 0 Å². The minimum absolute atomic E-state index is 0. The molecule has 2 heterocycles. The summed E-state index contributed by atoms with van der Waals surface area (Å²) in [6, 6.07) is 0. The van der Waals surface area contributed by atoms with E-state index in [1.54, 1.807) is 0 Å². The molecule has 2 fully saturated rings. The molecule has 0 aromatic rings. The Labute approximate surface area is 99.7 Å². The molecular weight excluding hydrogens is 231 g/mol. The third-order valence-corrected chi connectivity index (χ3v) is 1.98. The number of rotatable bonds is 7. The van der Waals surface area contributed by atoms with E-state index in [1.165, 1.54) is 0 Å². The second kappa shape index (κ2) is 10.4. The van der Waals surface area contributed by atoms with Gasteiger partial charge in [-0.3, -0.25) is 0 Å². The third kappa shape index (κ3) is 10.7. The fourth-order valence-electron chi connectivity index (χ4n) is 0.883. The van der Waals surface area contributed by atoms with Crippen LogP contribution in [-0.4, -0.2) is 62.1 Å². The zero-order valence-corrected chi connectivity index (χ0v) is 11.1. The van der Waals surface area contributed by atoms with Crippen LogP contribution in [0.3, 0.4) is 0 Å². The summed E-state index contributed by atoms with van der Waals surface area (Å²) in [6.45, 7) is 3.65. The normalized spacial score (nSPS) is 25.1. The molecule has 0 bridgehead atoms. The molecule has 5 nitrogen and oxygen atoms in total. The molecule has 3 unspecified atom stereocenters. The molecule has 2 rings (SSSR count). The van der Waals surface area contributed by atoms with E-state index in [9.17, 15) is 0 Å². The highest BCUT2D eigenvalue weighted by Gasteiger charge is 2.26. The lowest BCUT2D eigenvalue weighted by Crippen LogP contribution is -2.06. The molecule has 98 valence electrons. The van der Waals surface area contributed by atoms with Crippen molar-refractivity contribution in [1.29, 1.82) is 0 Å². The highest BCUT2D eigenvalue weighted by molar-refractivity contribution is 6.92. The third-order valence-electron chi connectivity index (χ3n) is 1.98. The van der Waals surface area contributed by atoms with E-state index in [1.807, 2.05) is 0 Å². The summed E-state index contributed by atoms with van der Waals surface area (Å²) in [6.07, 6.45) is 2.22. The van der Waals surface area contributed by atoms with Crippen LogP contribution in [0.15, 0.2) is 0 Å². The summed E-state index contributed by atoms with van der Waals surface area (Å²) in [5.74, 6) is 0. The molecule has 2 aliphatic heterocycles. The van der Waals surface area contributed by atoms with E-state index >= 15 is 0 Å². The number of epoxide rings is 2.